The molecule has 0 aliphatic heterocycles. The molecule has 0 fully saturated rings. The molecule has 1 rings (SSSR count). The Morgan fingerprint density at radius 2 is 1.71 bits per heavy atom. The summed E-state index contributed by atoms with van der Waals surface area (Å²) in [7, 11) is -0.188. The minimum absolute atomic E-state index is 0.121. The summed E-state index contributed by atoms with van der Waals surface area (Å²) in [6.45, 7) is 0. The first kappa shape index (κ1) is 11.9. The Hall–Kier alpha value is -0.180. The van der Waals surface area contributed by atoms with E-state index >= 15 is 0 Å². The molecule has 0 bridgehead atoms. The Kier molecular flexibility index (Phi) is 5.38. The van der Waals surface area contributed by atoms with E-state index in [1.54, 1.807) is 0 Å². The predicted octanol–water partition coefficient (Wildman–Crippen LogP) is 2.88. The fourth-order valence-corrected chi connectivity index (χ4v) is 2.91. The van der Waals surface area contributed by atoms with Gasteiger partial charge >= 0.3 is 0 Å². The van der Waals surface area contributed by atoms with E-state index in [9.17, 15) is 4.79 Å². The summed E-state index contributed by atoms with van der Waals surface area (Å²) >= 11 is 11.3. The first-order valence-corrected chi connectivity index (χ1v) is 6.92. The van der Waals surface area contributed by atoms with Crippen molar-refractivity contribution >= 4 is 39.9 Å². The molecule has 0 atom stereocenters. The van der Waals surface area contributed by atoms with Crippen LogP contribution in [0.4, 0.5) is 0 Å². The second kappa shape index (κ2) is 6.33. The van der Waals surface area contributed by atoms with Gasteiger partial charge in [0.15, 0.2) is 16.2 Å². The highest BCUT2D eigenvalue weighted by Crippen LogP contribution is 2.07. The van der Waals surface area contributed by atoms with Gasteiger partial charge in [-0.05, 0) is 0 Å². The van der Waals surface area contributed by atoms with Crippen molar-refractivity contribution < 1.29 is 4.79 Å². The van der Waals surface area contributed by atoms with E-state index in [-0.39, 0.29) is 16.7 Å². The summed E-state index contributed by atoms with van der Waals surface area (Å²) < 4.78 is 0. The lowest BCUT2D eigenvalue weighted by atomic mass is 10.2. The fraction of sp³-hybridized carbons (Fsp3) is 0.300. The summed E-state index contributed by atoms with van der Waals surface area (Å²) in [6, 6.07) is 9.22. The Bertz CT molecular complexity index is 285. The van der Waals surface area contributed by atoms with Crippen molar-refractivity contribution in [1.82, 2.24) is 0 Å². The lowest BCUT2D eigenvalue weighted by Gasteiger charge is -2.01. The molecule has 1 nitrogen and oxygen atoms in total. The summed E-state index contributed by atoms with van der Waals surface area (Å²) in [5, 5.41) is 0.921. The lowest BCUT2D eigenvalue weighted by molar-refractivity contribution is 0.102. The molecule has 14 heavy (non-hydrogen) atoms. The lowest BCUT2D eigenvalue weighted by Crippen LogP contribution is -2.18. The van der Waals surface area contributed by atoms with Crippen LogP contribution in [0.5, 0.6) is 0 Å². The van der Waals surface area contributed by atoms with Crippen molar-refractivity contribution in [3.05, 3.63) is 35.9 Å². The molecule has 0 radical (unpaired) electrons. The number of rotatable bonds is 5. The third-order valence-corrected chi connectivity index (χ3v) is 4.88. The van der Waals surface area contributed by atoms with Crippen LogP contribution in [0.2, 0.25) is 0 Å². The van der Waals surface area contributed by atoms with Gasteiger partial charge in [0, 0.05) is 16.5 Å². The SMILES string of the molecule is O=C(C[S+](CCl)CCl)c1ccccc1. The normalized spacial score (nSPS) is 10.5. The van der Waals surface area contributed by atoms with E-state index in [1.807, 2.05) is 30.3 Å². The number of hydrogen-bond donors (Lipinski definition) is 0. The van der Waals surface area contributed by atoms with E-state index in [0.717, 1.165) is 5.56 Å². The number of benzene rings is 1. The molecule has 0 aromatic heterocycles. The molecule has 0 saturated heterocycles. The van der Waals surface area contributed by atoms with Gasteiger partial charge in [-0.15, -0.1) is 0 Å². The summed E-state index contributed by atoms with van der Waals surface area (Å²) in [5.74, 6) is 0.576. The maximum atomic E-state index is 11.7. The molecular weight excluding hydrogens is 239 g/mol. The number of carbonyl (C=O) groups is 1. The molecule has 0 spiro atoms. The number of Topliss-reactive ketones (excluding diaryl/α,β-unsaturated/α-hetero) is 1. The van der Waals surface area contributed by atoms with E-state index in [0.29, 0.717) is 16.2 Å². The molecule has 0 aliphatic carbocycles. The van der Waals surface area contributed by atoms with Crippen molar-refractivity contribution in [2.45, 2.75) is 0 Å². The Morgan fingerprint density at radius 1 is 1.14 bits per heavy atom. The van der Waals surface area contributed by atoms with E-state index < -0.39 is 0 Å². The third kappa shape index (κ3) is 3.52. The maximum Gasteiger partial charge on any atom is 0.211 e. The van der Waals surface area contributed by atoms with Gasteiger partial charge in [-0.2, -0.15) is 0 Å². The van der Waals surface area contributed by atoms with Crippen LogP contribution in [-0.4, -0.2) is 22.0 Å². The summed E-state index contributed by atoms with van der Waals surface area (Å²) in [4.78, 5) is 11.7. The number of carbonyl (C=O) groups excluding carboxylic acids is 1. The van der Waals surface area contributed by atoms with Gasteiger partial charge in [0.1, 0.15) is 0 Å². The van der Waals surface area contributed by atoms with Crippen LogP contribution >= 0.6 is 23.2 Å². The number of alkyl halides is 2. The molecule has 0 heterocycles. The molecule has 1 aromatic carbocycles. The Labute approximate surface area is 96.8 Å². The van der Waals surface area contributed by atoms with Crippen LogP contribution in [0.1, 0.15) is 10.4 Å². The van der Waals surface area contributed by atoms with Gasteiger partial charge in [-0.1, -0.05) is 53.5 Å². The zero-order chi connectivity index (χ0) is 10.4. The first-order valence-electron chi connectivity index (χ1n) is 4.12. The molecule has 0 N–H and O–H groups in total. The molecule has 0 aliphatic rings. The third-order valence-electron chi connectivity index (χ3n) is 1.74. The van der Waals surface area contributed by atoms with Crippen LogP contribution in [0, 0.1) is 0 Å². The van der Waals surface area contributed by atoms with Crippen LogP contribution in [0.25, 0.3) is 0 Å². The van der Waals surface area contributed by atoms with Crippen LogP contribution in [0.15, 0.2) is 30.3 Å². The Morgan fingerprint density at radius 3 is 2.21 bits per heavy atom. The molecule has 4 heteroatoms. The molecule has 0 saturated carbocycles. The number of hydrogen-bond acceptors (Lipinski definition) is 1. The van der Waals surface area contributed by atoms with E-state index in [2.05, 4.69) is 0 Å². The minimum Gasteiger partial charge on any atom is -0.289 e. The largest absolute Gasteiger partial charge is 0.289 e. The van der Waals surface area contributed by atoms with Crippen molar-refractivity contribution in [3.63, 3.8) is 0 Å². The fourth-order valence-electron chi connectivity index (χ4n) is 0.999. The number of halogens is 2. The summed E-state index contributed by atoms with van der Waals surface area (Å²) in [6.07, 6.45) is 0. The van der Waals surface area contributed by atoms with Gasteiger partial charge in [0.2, 0.25) is 5.78 Å². The minimum atomic E-state index is -0.188. The maximum absolute atomic E-state index is 11.7. The zero-order valence-corrected chi connectivity index (χ0v) is 9.91. The highest BCUT2D eigenvalue weighted by molar-refractivity contribution is 7.99. The summed E-state index contributed by atoms with van der Waals surface area (Å²) in [5.41, 5.74) is 0.736. The average Bonchev–Trinajstić information content (AvgIpc) is 2.26. The second-order valence-electron chi connectivity index (χ2n) is 2.76. The Balaban J connectivity index is 2.59. The van der Waals surface area contributed by atoms with E-state index in [4.69, 9.17) is 23.2 Å². The van der Waals surface area contributed by atoms with Crippen LogP contribution in [-0.2, 0) is 10.9 Å². The van der Waals surface area contributed by atoms with Crippen LogP contribution < -0.4 is 0 Å². The quantitative estimate of drug-likeness (QED) is 0.446. The van der Waals surface area contributed by atoms with Gasteiger partial charge < -0.3 is 0 Å². The second-order valence-corrected chi connectivity index (χ2v) is 6.02. The van der Waals surface area contributed by atoms with Gasteiger partial charge in [0.25, 0.3) is 0 Å². The predicted molar refractivity (Wildman–Crippen MR) is 64.4 cm³/mol. The topological polar surface area (TPSA) is 17.1 Å². The standard InChI is InChI=1S/C10H11Cl2OS/c11-7-14(8-12)6-10(13)9-4-2-1-3-5-9/h1-5H,6-8H2/q+1. The zero-order valence-electron chi connectivity index (χ0n) is 7.58. The average molecular weight is 250 g/mol. The molecule has 0 amide bonds. The van der Waals surface area contributed by atoms with Crippen molar-refractivity contribution in [2.75, 3.05) is 16.2 Å². The number of ketones is 1. The molecular formula is C10H11Cl2OS+. The van der Waals surface area contributed by atoms with Gasteiger partial charge in [-0.25, -0.2) is 0 Å². The van der Waals surface area contributed by atoms with Crippen molar-refractivity contribution in [1.29, 1.82) is 0 Å². The van der Waals surface area contributed by atoms with Crippen molar-refractivity contribution in [3.8, 4) is 0 Å². The molecule has 0 unspecified atom stereocenters. The highest BCUT2D eigenvalue weighted by Gasteiger charge is 2.20. The molecule has 1 aromatic rings. The molecule has 76 valence electrons. The smallest absolute Gasteiger partial charge is 0.211 e. The first-order chi connectivity index (χ1) is 6.77. The highest BCUT2D eigenvalue weighted by atomic mass is 35.5. The van der Waals surface area contributed by atoms with Gasteiger partial charge in [-0.3, -0.25) is 4.79 Å². The van der Waals surface area contributed by atoms with E-state index in [1.165, 1.54) is 0 Å². The van der Waals surface area contributed by atoms with Gasteiger partial charge in [0.05, 0.1) is 0 Å². The monoisotopic (exact) mass is 249 g/mol. The van der Waals surface area contributed by atoms with Crippen LogP contribution in [0.3, 0.4) is 0 Å². The van der Waals surface area contributed by atoms with Crippen molar-refractivity contribution in [2.24, 2.45) is 0 Å².